The van der Waals surface area contributed by atoms with E-state index in [1.165, 1.54) is 18.5 Å². The second kappa shape index (κ2) is 7.02. The third-order valence-corrected chi connectivity index (χ3v) is 4.66. The third-order valence-electron chi connectivity index (χ3n) is 4.66. The van der Waals surface area contributed by atoms with Crippen LogP contribution in [0.3, 0.4) is 0 Å². The number of piperazine rings is 1. The molecule has 3 heterocycles. The molecule has 0 saturated carbocycles. The van der Waals surface area contributed by atoms with E-state index in [1.54, 1.807) is 11.1 Å². The Kier molecular flexibility index (Phi) is 4.54. The summed E-state index contributed by atoms with van der Waals surface area (Å²) in [4.78, 5) is 27.7. The number of halogens is 3. The van der Waals surface area contributed by atoms with Crippen molar-refractivity contribution in [3.8, 4) is 0 Å². The molecule has 1 saturated heterocycles. The van der Waals surface area contributed by atoms with Crippen molar-refractivity contribution in [2.24, 2.45) is 0 Å². The van der Waals surface area contributed by atoms with Crippen LogP contribution in [0, 0.1) is 0 Å². The number of fused-ring (bicyclic) bond motifs is 1. The number of benzene rings is 1. The Morgan fingerprint density at radius 1 is 1.04 bits per heavy atom. The zero-order chi connectivity index (χ0) is 19.7. The lowest BCUT2D eigenvalue weighted by Gasteiger charge is -2.35. The van der Waals surface area contributed by atoms with E-state index in [4.69, 9.17) is 0 Å². The Balaban J connectivity index is 1.37. The van der Waals surface area contributed by atoms with Gasteiger partial charge in [-0.25, -0.2) is 14.8 Å². The van der Waals surface area contributed by atoms with Crippen LogP contribution in [0.25, 0.3) is 11.0 Å². The van der Waals surface area contributed by atoms with Gasteiger partial charge < -0.3 is 20.1 Å². The summed E-state index contributed by atoms with van der Waals surface area (Å²) < 4.78 is 37.8. The summed E-state index contributed by atoms with van der Waals surface area (Å²) in [5.74, 6) is 0.814. The van der Waals surface area contributed by atoms with E-state index < -0.39 is 11.7 Å². The molecule has 0 aliphatic carbocycles. The van der Waals surface area contributed by atoms with Crippen LogP contribution < -0.4 is 10.2 Å². The highest BCUT2D eigenvalue weighted by atomic mass is 19.4. The second-order valence-electron chi connectivity index (χ2n) is 6.42. The molecule has 4 rings (SSSR count). The van der Waals surface area contributed by atoms with E-state index >= 15 is 0 Å². The molecule has 3 aromatic rings. The number of aromatic nitrogens is 3. The molecule has 7 nitrogen and oxygen atoms in total. The largest absolute Gasteiger partial charge is 0.416 e. The standard InChI is InChI=1S/C18H17F3N6O/c19-18(20,21)12-1-3-13(4-2-12)25-17(28)27-9-7-26(8-10-27)16-14-5-6-22-15(14)23-11-24-16/h1-6,11H,7-10H2,(H,25,28)(H,22,23,24). The van der Waals surface area contributed by atoms with Gasteiger partial charge in [0.05, 0.1) is 10.9 Å². The maximum atomic E-state index is 12.6. The van der Waals surface area contributed by atoms with Crippen molar-refractivity contribution in [2.45, 2.75) is 6.18 Å². The van der Waals surface area contributed by atoms with Crippen LogP contribution in [0.2, 0.25) is 0 Å². The number of H-pyrrole nitrogens is 1. The number of aromatic amines is 1. The first kappa shape index (κ1) is 18.1. The topological polar surface area (TPSA) is 77.2 Å². The number of carbonyl (C=O) groups is 1. The summed E-state index contributed by atoms with van der Waals surface area (Å²) in [6, 6.07) is 5.97. The lowest BCUT2D eigenvalue weighted by atomic mass is 10.2. The molecule has 0 unspecified atom stereocenters. The number of nitrogens with one attached hydrogen (secondary N) is 2. The highest BCUT2D eigenvalue weighted by molar-refractivity contribution is 5.90. The molecule has 2 N–H and O–H groups in total. The van der Waals surface area contributed by atoms with Gasteiger partial charge in [0.25, 0.3) is 0 Å². The van der Waals surface area contributed by atoms with Crippen molar-refractivity contribution in [2.75, 3.05) is 36.4 Å². The molecular formula is C18H17F3N6O. The monoisotopic (exact) mass is 390 g/mol. The van der Waals surface area contributed by atoms with Gasteiger partial charge in [-0.3, -0.25) is 0 Å². The molecule has 2 amide bonds. The van der Waals surface area contributed by atoms with Crippen molar-refractivity contribution < 1.29 is 18.0 Å². The molecule has 2 aromatic heterocycles. The molecule has 1 aliphatic heterocycles. The predicted molar refractivity (Wildman–Crippen MR) is 98.1 cm³/mol. The van der Waals surface area contributed by atoms with Gasteiger partial charge >= 0.3 is 12.2 Å². The van der Waals surface area contributed by atoms with Crippen LogP contribution in [0.1, 0.15) is 5.56 Å². The number of carbonyl (C=O) groups excluding carboxylic acids is 1. The number of nitrogens with zero attached hydrogens (tertiary/aromatic N) is 4. The molecule has 1 fully saturated rings. The lowest BCUT2D eigenvalue weighted by molar-refractivity contribution is -0.137. The fraction of sp³-hybridized carbons (Fsp3) is 0.278. The van der Waals surface area contributed by atoms with Gasteiger partial charge in [-0.2, -0.15) is 13.2 Å². The minimum Gasteiger partial charge on any atom is -0.352 e. The molecular weight excluding hydrogens is 373 g/mol. The van der Waals surface area contributed by atoms with E-state index in [0.29, 0.717) is 31.9 Å². The molecule has 0 bridgehead atoms. The Labute approximate surface area is 158 Å². The minimum absolute atomic E-state index is 0.324. The van der Waals surface area contributed by atoms with Crippen molar-refractivity contribution in [1.82, 2.24) is 19.9 Å². The quantitative estimate of drug-likeness (QED) is 0.704. The van der Waals surface area contributed by atoms with Crippen molar-refractivity contribution in [3.05, 3.63) is 48.4 Å². The van der Waals surface area contributed by atoms with Gasteiger partial charge in [-0.15, -0.1) is 0 Å². The van der Waals surface area contributed by atoms with E-state index in [-0.39, 0.29) is 6.03 Å². The maximum absolute atomic E-state index is 12.6. The van der Waals surface area contributed by atoms with Gasteiger partial charge in [-0.1, -0.05) is 0 Å². The maximum Gasteiger partial charge on any atom is 0.416 e. The summed E-state index contributed by atoms with van der Waals surface area (Å²) in [6.45, 7) is 2.14. The van der Waals surface area contributed by atoms with Crippen molar-refractivity contribution in [3.63, 3.8) is 0 Å². The van der Waals surface area contributed by atoms with Crippen molar-refractivity contribution in [1.29, 1.82) is 0 Å². The SMILES string of the molecule is O=C(Nc1ccc(C(F)(F)F)cc1)N1CCN(c2ncnc3[nH]ccc23)CC1. The third kappa shape index (κ3) is 3.57. The Hall–Kier alpha value is -3.30. The van der Waals surface area contributed by atoms with Crippen LogP contribution in [0.5, 0.6) is 0 Å². The van der Waals surface area contributed by atoms with Crippen LogP contribution in [-0.4, -0.2) is 52.1 Å². The number of rotatable bonds is 2. The number of anilines is 2. The molecule has 1 aliphatic rings. The van der Waals surface area contributed by atoms with Crippen LogP contribution >= 0.6 is 0 Å². The first-order chi connectivity index (χ1) is 13.4. The van der Waals surface area contributed by atoms with Gasteiger partial charge in [0.2, 0.25) is 0 Å². The summed E-state index contributed by atoms with van der Waals surface area (Å²) >= 11 is 0. The number of hydrogen-bond acceptors (Lipinski definition) is 4. The van der Waals surface area contributed by atoms with E-state index in [1.807, 2.05) is 6.07 Å². The molecule has 1 aromatic carbocycles. The summed E-state index contributed by atoms with van der Waals surface area (Å²) in [5.41, 5.74) is 0.331. The van der Waals surface area contributed by atoms with E-state index in [9.17, 15) is 18.0 Å². The Morgan fingerprint density at radius 2 is 1.75 bits per heavy atom. The molecule has 28 heavy (non-hydrogen) atoms. The summed E-state index contributed by atoms with van der Waals surface area (Å²) in [7, 11) is 0. The zero-order valence-electron chi connectivity index (χ0n) is 14.7. The average molecular weight is 390 g/mol. The fourth-order valence-electron chi connectivity index (χ4n) is 3.18. The second-order valence-corrected chi connectivity index (χ2v) is 6.42. The molecule has 146 valence electrons. The van der Waals surface area contributed by atoms with Gasteiger partial charge in [-0.05, 0) is 30.3 Å². The van der Waals surface area contributed by atoms with E-state index in [2.05, 4.69) is 25.2 Å². The van der Waals surface area contributed by atoms with E-state index in [0.717, 1.165) is 29.0 Å². The lowest BCUT2D eigenvalue weighted by Crippen LogP contribution is -2.50. The number of alkyl halides is 3. The summed E-state index contributed by atoms with van der Waals surface area (Å²) in [5, 5.41) is 3.56. The van der Waals surface area contributed by atoms with Gasteiger partial charge in [0.15, 0.2) is 0 Å². The zero-order valence-corrected chi connectivity index (χ0v) is 14.7. The molecule has 0 radical (unpaired) electrons. The van der Waals surface area contributed by atoms with Crippen LogP contribution in [-0.2, 0) is 6.18 Å². The first-order valence-electron chi connectivity index (χ1n) is 8.68. The minimum atomic E-state index is -4.40. The predicted octanol–water partition coefficient (Wildman–Crippen LogP) is 3.33. The van der Waals surface area contributed by atoms with Gasteiger partial charge in [0.1, 0.15) is 17.8 Å². The summed E-state index contributed by atoms with van der Waals surface area (Å²) in [6.07, 6.45) is -1.10. The fourth-order valence-corrected chi connectivity index (χ4v) is 3.18. The van der Waals surface area contributed by atoms with Crippen molar-refractivity contribution >= 4 is 28.6 Å². The molecule has 10 heteroatoms. The Morgan fingerprint density at radius 3 is 2.43 bits per heavy atom. The smallest absolute Gasteiger partial charge is 0.352 e. The highest BCUT2D eigenvalue weighted by Gasteiger charge is 2.30. The van der Waals surface area contributed by atoms with Crippen LogP contribution in [0.15, 0.2) is 42.9 Å². The number of urea groups is 1. The molecule has 0 spiro atoms. The Bertz CT molecular complexity index is 977. The van der Waals surface area contributed by atoms with Gasteiger partial charge in [0, 0.05) is 38.1 Å². The number of amides is 2. The van der Waals surface area contributed by atoms with Crippen LogP contribution in [0.4, 0.5) is 29.5 Å². The first-order valence-corrected chi connectivity index (χ1v) is 8.68. The average Bonchev–Trinajstić information content (AvgIpc) is 3.17. The normalized spacial score (nSPS) is 15.1. The molecule has 0 atom stereocenters. The number of hydrogen-bond donors (Lipinski definition) is 2. The highest BCUT2D eigenvalue weighted by Crippen LogP contribution is 2.30.